The van der Waals surface area contributed by atoms with Crippen molar-refractivity contribution < 1.29 is 31.5 Å². The zero-order valence-electron chi connectivity index (χ0n) is 13.4. The second kappa shape index (κ2) is 9.00. The predicted molar refractivity (Wildman–Crippen MR) is 89.3 cm³/mol. The van der Waals surface area contributed by atoms with Gasteiger partial charge < -0.3 is 15.7 Å². The number of nitrogens with one attached hydrogen (secondary N) is 3. The van der Waals surface area contributed by atoms with Gasteiger partial charge in [-0.15, -0.1) is 12.4 Å². The van der Waals surface area contributed by atoms with Crippen molar-refractivity contribution in [2.75, 3.05) is 26.2 Å². The Hall–Kier alpha value is -1.40. The number of β-amino-alcohol motifs (C(OH)–C–C–N with tert-alkyl or cyclic N) is 1. The molecule has 0 spiro atoms. The lowest BCUT2D eigenvalue weighted by atomic mass is 10.1. The summed E-state index contributed by atoms with van der Waals surface area (Å²) in [6.45, 7) is 0.493. The minimum Gasteiger partial charge on any atom is -0.391 e. The van der Waals surface area contributed by atoms with Crippen LogP contribution in [0.1, 0.15) is 5.56 Å². The Morgan fingerprint density at radius 3 is 2.58 bits per heavy atom. The molecule has 1 aliphatic heterocycles. The second-order valence-corrected chi connectivity index (χ2v) is 7.41. The van der Waals surface area contributed by atoms with Crippen LogP contribution in [0.15, 0.2) is 29.2 Å². The van der Waals surface area contributed by atoms with Crippen molar-refractivity contribution in [3.05, 3.63) is 29.8 Å². The Labute approximate surface area is 154 Å². The number of hydrogen-bond acceptors (Lipinski definition) is 5. The lowest BCUT2D eigenvalue weighted by Gasteiger charge is -2.14. The van der Waals surface area contributed by atoms with Crippen LogP contribution >= 0.6 is 12.4 Å². The van der Waals surface area contributed by atoms with E-state index in [-0.39, 0.29) is 24.9 Å². The van der Waals surface area contributed by atoms with Crippen LogP contribution in [0.2, 0.25) is 0 Å². The molecule has 1 fully saturated rings. The molecule has 2 atom stereocenters. The van der Waals surface area contributed by atoms with E-state index in [9.17, 15) is 31.5 Å². The zero-order valence-corrected chi connectivity index (χ0v) is 15.0. The van der Waals surface area contributed by atoms with Gasteiger partial charge in [0.2, 0.25) is 15.9 Å². The van der Waals surface area contributed by atoms with Crippen LogP contribution in [0, 0.1) is 5.92 Å². The number of aliphatic hydroxyl groups is 1. The summed E-state index contributed by atoms with van der Waals surface area (Å²) >= 11 is 0. The number of aliphatic hydroxyl groups excluding tert-OH is 1. The number of sulfonamides is 1. The average Bonchev–Trinajstić information content (AvgIpc) is 2.95. The zero-order chi connectivity index (χ0) is 18.7. The third-order valence-corrected chi connectivity index (χ3v) is 5.16. The van der Waals surface area contributed by atoms with Crippen LogP contribution in [0.5, 0.6) is 0 Å². The van der Waals surface area contributed by atoms with Gasteiger partial charge in [-0.3, -0.25) is 4.79 Å². The van der Waals surface area contributed by atoms with E-state index in [4.69, 9.17) is 0 Å². The van der Waals surface area contributed by atoms with Gasteiger partial charge in [0.1, 0.15) is 0 Å². The maximum atomic E-state index is 12.6. The van der Waals surface area contributed by atoms with Crippen molar-refractivity contribution in [3.8, 4) is 0 Å². The van der Waals surface area contributed by atoms with Crippen LogP contribution in [0.4, 0.5) is 13.2 Å². The fourth-order valence-electron chi connectivity index (χ4n) is 2.32. The summed E-state index contributed by atoms with van der Waals surface area (Å²) in [7, 11) is -4.26. The molecule has 148 valence electrons. The van der Waals surface area contributed by atoms with Crippen molar-refractivity contribution in [2.24, 2.45) is 5.92 Å². The first-order chi connectivity index (χ1) is 11.6. The number of hydrogen-bond donors (Lipinski definition) is 4. The number of halogens is 4. The highest BCUT2D eigenvalue weighted by Gasteiger charge is 2.31. The summed E-state index contributed by atoms with van der Waals surface area (Å²) in [5.41, 5.74) is -1.09. The summed E-state index contributed by atoms with van der Waals surface area (Å²) in [5.74, 6) is -0.821. The van der Waals surface area contributed by atoms with Gasteiger partial charge in [0, 0.05) is 25.6 Å². The highest BCUT2D eigenvalue weighted by atomic mass is 35.5. The summed E-state index contributed by atoms with van der Waals surface area (Å²) < 4.78 is 63.9. The van der Waals surface area contributed by atoms with Gasteiger partial charge in [-0.2, -0.15) is 13.2 Å². The molecule has 12 heteroatoms. The molecule has 4 N–H and O–H groups in total. The molecule has 0 radical (unpaired) electrons. The van der Waals surface area contributed by atoms with Crippen molar-refractivity contribution in [3.63, 3.8) is 0 Å². The Kier molecular flexibility index (Phi) is 7.84. The highest BCUT2D eigenvalue weighted by molar-refractivity contribution is 7.89. The van der Waals surface area contributed by atoms with Crippen LogP contribution in [0.3, 0.4) is 0 Å². The van der Waals surface area contributed by atoms with Gasteiger partial charge in [-0.05, 0) is 18.2 Å². The van der Waals surface area contributed by atoms with Crippen molar-refractivity contribution in [1.82, 2.24) is 15.4 Å². The van der Waals surface area contributed by atoms with E-state index in [0.29, 0.717) is 19.2 Å². The second-order valence-electron chi connectivity index (χ2n) is 5.64. The maximum Gasteiger partial charge on any atom is 0.416 e. The number of amides is 1. The monoisotopic (exact) mass is 417 g/mol. The Morgan fingerprint density at radius 1 is 1.31 bits per heavy atom. The SMILES string of the molecule is Cl.O=C(CNS(=O)(=O)c1cccc(C(F)(F)F)c1)NCC1CNCC1O. The molecule has 1 amide bonds. The quantitative estimate of drug-likeness (QED) is 0.525. The molecule has 1 saturated heterocycles. The van der Waals surface area contributed by atoms with E-state index in [0.717, 1.165) is 18.2 Å². The van der Waals surface area contributed by atoms with Crippen molar-refractivity contribution in [1.29, 1.82) is 0 Å². The fraction of sp³-hybridized carbons (Fsp3) is 0.500. The van der Waals surface area contributed by atoms with Gasteiger partial charge in [0.25, 0.3) is 0 Å². The molecule has 0 bridgehead atoms. The molecular formula is C14H19ClF3N3O4S. The molecule has 1 heterocycles. The lowest BCUT2D eigenvalue weighted by molar-refractivity contribution is -0.137. The predicted octanol–water partition coefficient (Wildman–Crippen LogP) is 0.102. The van der Waals surface area contributed by atoms with E-state index >= 15 is 0 Å². The molecule has 1 aromatic carbocycles. The fourth-order valence-corrected chi connectivity index (χ4v) is 3.35. The van der Waals surface area contributed by atoms with Gasteiger partial charge in [-0.25, -0.2) is 13.1 Å². The normalized spacial score (nSPS) is 20.5. The molecule has 0 aromatic heterocycles. The molecule has 0 aliphatic carbocycles. The molecule has 7 nitrogen and oxygen atoms in total. The van der Waals surface area contributed by atoms with E-state index in [2.05, 4.69) is 10.6 Å². The standard InChI is InChI=1S/C14H18F3N3O4S.ClH/c15-14(16,17)10-2-1-3-11(4-10)25(23,24)20-8-13(22)19-6-9-5-18-7-12(9)21;/h1-4,9,12,18,20-21H,5-8H2,(H,19,22);1H. The van der Waals surface area contributed by atoms with E-state index < -0.39 is 45.2 Å². The van der Waals surface area contributed by atoms with E-state index in [1.165, 1.54) is 0 Å². The van der Waals surface area contributed by atoms with Crippen LogP contribution < -0.4 is 15.4 Å². The minimum atomic E-state index is -4.67. The first-order valence-corrected chi connectivity index (χ1v) is 8.90. The number of carbonyl (C=O) groups excluding carboxylic acids is 1. The Balaban J connectivity index is 0.00000338. The number of alkyl halides is 3. The summed E-state index contributed by atoms with van der Waals surface area (Å²) in [6, 6.07) is 3.25. The summed E-state index contributed by atoms with van der Waals surface area (Å²) in [4.78, 5) is 11.1. The number of benzene rings is 1. The Morgan fingerprint density at radius 2 is 2.00 bits per heavy atom. The van der Waals surface area contributed by atoms with Gasteiger partial charge >= 0.3 is 6.18 Å². The van der Waals surface area contributed by atoms with E-state index in [1.54, 1.807) is 0 Å². The summed E-state index contributed by atoms with van der Waals surface area (Å²) in [5, 5.41) is 15.0. The average molecular weight is 418 g/mol. The number of rotatable bonds is 6. The largest absolute Gasteiger partial charge is 0.416 e. The van der Waals surface area contributed by atoms with Gasteiger partial charge in [0.05, 0.1) is 23.1 Å². The lowest BCUT2D eigenvalue weighted by Crippen LogP contribution is -2.40. The third kappa shape index (κ3) is 6.09. The van der Waals surface area contributed by atoms with Crippen molar-refractivity contribution in [2.45, 2.75) is 17.2 Å². The van der Waals surface area contributed by atoms with Crippen LogP contribution in [-0.2, 0) is 21.0 Å². The molecule has 2 unspecified atom stereocenters. The van der Waals surface area contributed by atoms with Crippen LogP contribution in [0.25, 0.3) is 0 Å². The summed E-state index contributed by atoms with van der Waals surface area (Å²) in [6.07, 6.45) is -5.26. The Bertz CT molecular complexity index is 730. The highest BCUT2D eigenvalue weighted by Crippen LogP contribution is 2.30. The molecule has 0 saturated carbocycles. The first-order valence-electron chi connectivity index (χ1n) is 7.42. The van der Waals surface area contributed by atoms with Crippen LogP contribution in [-0.4, -0.2) is 51.7 Å². The first kappa shape index (κ1) is 22.6. The minimum absolute atomic E-state index is 0. The third-order valence-electron chi connectivity index (χ3n) is 3.76. The van der Waals surface area contributed by atoms with Crippen molar-refractivity contribution >= 4 is 28.3 Å². The molecule has 2 rings (SSSR count). The molecule has 26 heavy (non-hydrogen) atoms. The molecule has 1 aromatic rings. The smallest absolute Gasteiger partial charge is 0.391 e. The van der Waals surface area contributed by atoms with Gasteiger partial charge in [-0.1, -0.05) is 6.07 Å². The van der Waals surface area contributed by atoms with E-state index in [1.807, 2.05) is 4.72 Å². The molecular weight excluding hydrogens is 399 g/mol. The van der Waals surface area contributed by atoms with Gasteiger partial charge in [0.15, 0.2) is 0 Å². The topological polar surface area (TPSA) is 108 Å². The molecule has 1 aliphatic rings. The maximum absolute atomic E-state index is 12.6. The number of carbonyl (C=O) groups is 1.